The van der Waals surface area contributed by atoms with Crippen LogP contribution in [0.25, 0.3) is 0 Å². The number of rotatable bonds is 2. The molecule has 1 N–H and O–H groups in total. The summed E-state index contributed by atoms with van der Waals surface area (Å²) in [5.41, 5.74) is 0. The third-order valence-corrected chi connectivity index (χ3v) is 2.48. The van der Waals surface area contributed by atoms with Gasteiger partial charge in [-0.3, -0.25) is 4.79 Å². The smallest absolute Gasteiger partial charge is 0.221 e. The molecule has 0 aromatic carbocycles. The Kier molecular flexibility index (Phi) is 2.39. The van der Waals surface area contributed by atoms with E-state index in [4.69, 9.17) is 0 Å². The maximum atomic E-state index is 10.6. The Morgan fingerprint density at radius 2 is 2.67 bits per heavy atom. The van der Waals surface area contributed by atoms with Crippen LogP contribution in [0.1, 0.15) is 13.3 Å². The number of amides is 1. The number of carbonyl (C=O) groups is 1. The van der Waals surface area contributed by atoms with Crippen LogP contribution >= 0.6 is 11.8 Å². The average molecular weight is 145 g/mol. The number of hydrogen-bond donors (Lipinski definition) is 1. The molecule has 0 aromatic heterocycles. The molecule has 1 fully saturated rings. The minimum atomic E-state index is 0.209. The molecule has 9 heavy (non-hydrogen) atoms. The number of hydrogen-bond acceptors (Lipinski definition) is 2. The first-order chi connectivity index (χ1) is 4.33. The molecule has 0 bridgehead atoms. The van der Waals surface area contributed by atoms with Gasteiger partial charge in [-0.2, -0.15) is 11.8 Å². The van der Waals surface area contributed by atoms with Crippen molar-refractivity contribution < 1.29 is 4.79 Å². The standard InChI is InChI=1S/C6H11NOS/c1-2-9-5-3-6(8)7-4-5/h5H,2-4H2,1H3,(H,7,8). The Bertz CT molecular complexity index is 116. The maximum absolute atomic E-state index is 10.6. The molecule has 0 spiro atoms. The highest BCUT2D eigenvalue weighted by Gasteiger charge is 2.20. The second-order valence-electron chi connectivity index (χ2n) is 2.09. The van der Waals surface area contributed by atoms with Crippen molar-refractivity contribution >= 4 is 17.7 Å². The van der Waals surface area contributed by atoms with E-state index in [0.717, 1.165) is 18.7 Å². The lowest BCUT2D eigenvalue weighted by Gasteiger charge is -2.01. The van der Waals surface area contributed by atoms with E-state index in [2.05, 4.69) is 12.2 Å². The minimum absolute atomic E-state index is 0.209. The van der Waals surface area contributed by atoms with Crippen molar-refractivity contribution in [2.75, 3.05) is 12.3 Å². The summed E-state index contributed by atoms with van der Waals surface area (Å²) in [6.45, 7) is 2.99. The second-order valence-corrected chi connectivity index (χ2v) is 3.66. The number of nitrogens with one attached hydrogen (secondary N) is 1. The summed E-state index contributed by atoms with van der Waals surface area (Å²) in [5.74, 6) is 1.32. The summed E-state index contributed by atoms with van der Waals surface area (Å²) < 4.78 is 0. The summed E-state index contributed by atoms with van der Waals surface area (Å²) >= 11 is 1.86. The molecule has 1 amide bonds. The first-order valence-electron chi connectivity index (χ1n) is 3.21. The van der Waals surface area contributed by atoms with Gasteiger partial charge in [0.1, 0.15) is 0 Å². The Labute approximate surface area is 59.4 Å². The zero-order chi connectivity index (χ0) is 6.69. The summed E-state index contributed by atoms with van der Waals surface area (Å²) in [4.78, 5) is 10.6. The number of thioether (sulfide) groups is 1. The molecule has 1 heterocycles. The first-order valence-corrected chi connectivity index (χ1v) is 4.26. The van der Waals surface area contributed by atoms with Crippen molar-refractivity contribution in [1.29, 1.82) is 0 Å². The average Bonchev–Trinajstić information content (AvgIpc) is 2.17. The van der Waals surface area contributed by atoms with Gasteiger partial charge in [0, 0.05) is 18.2 Å². The fourth-order valence-electron chi connectivity index (χ4n) is 0.932. The summed E-state index contributed by atoms with van der Waals surface area (Å²) in [6.07, 6.45) is 0.721. The topological polar surface area (TPSA) is 29.1 Å². The molecule has 1 unspecified atom stereocenters. The molecule has 52 valence electrons. The van der Waals surface area contributed by atoms with Gasteiger partial charge in [0.2, 0.25) is 5.91 Å². The summed E-state index contributed by atoms with van der Waals surface area (Å²) in [5, 5.41) is 3.34. The van der Waals surface area contributed by atoms with E-state index in [0.29, 0.717) is 5.25 Å². The van der Waals surface area contributed by atoms with Crippen LogP contribution in [0.2, 0.25) is 0 Å². The van der Waals surface area contributed by atoms with Gasteiger partial charge in [0.15, 0.2) is 0 Å². The quantitative estimate of drug-likeness (QED) is 0.617. The summed E-state index contributed by atoms with van der Waals surface area (Å²) in [7, 11) is 0. The van der Waals surface area contributed by atoms with E-state index >= 15 is 0 Å². The van der Waals surface area contributed by atoms with Gasteiger partial charge in [0.25, 0.3) is 0 Å². The van der Waals surface area contributed by atoms with Gasteiger partial charge in [0.05, 0.1) is 0 Å². The van der Waals surface area contributed by atoms with E-state index in [9.17, 15) is 4.79 Å². The predicted octanol–water partition coefficient (Wildman–Crippen LogP) is 0.628. The zero-order valence-corrected chi connectivity index (χ0v) is 6.33. The Hall–Kier alpha value is -0.180. The monoisotopic (exact) mass is 145 g/mol. The van der Waals surface area contributed by atoms with Crippen molar-refractivity contribution in [3.05, 3.63) is 0 Å². The minimum Gasteiger partial charge on any atom is -0.355 e. The third-order valence-electron chi connectivity index (χ3n) is 1.34. The highest BCUT2D eigenvalue weighted by atomic mass is 32.2. The SMILES string of the molecule is CCSC1CNC(=O)C1. The third kappa shape index (κ3) is 1.90. The van der Waals surface area contributed by atoms with E-state index in [-0.39, 0.29) is 5.91 Å². The second kappa shape index (κ2) is 3.11. The Morgan fingerprint density at radius 3 is 3.11 bits per heavy atom. The Morgan fingerprint density at radius 1 is 1.89 bits per heavy atom. The van der Waals surface area contributed by atoms with E-state index in [1.807, 2.05) is 11.8 Å². The van der Waals surface area contributed by atoms with Gasteiger partial charge in [-0.25, -0.2) is 0 Å². The fraction of sp³-hybridized carbons (Fsp3) is 0.833. The summed E-state index contributed by atoms with van der Waals surface area (Å²) in [6, 6.07) is 0. The number of carbonyl (C=O) groups excluding carboxylic acids is 1. The predicted molar refractivity (Wildman–Crippen MR) is 39.5 cm³/mol. The van der Waals surface area contributed by atoms with Crippen LogP contribution < -0.4 is 5.32 Å². The van der Waals surface area contributed by atoms with Gasteiger partial charge in [-0.05, 0) is 5.75 Å². The molecule has 1 aliphatic heterocycles. The lowest BCUT2D eigenvalue weighted by molar-refractivity contribution is -0.119. The molecule has 3 heteroatoms. The van der Waals surface area contributed by atoms with Crippen molar-refractivity contribution in [2.45, 2.75) is 18.6 Å². The van der Waals surface area contributed by atoms with Crippen molar-refractivity contribution in [2.24, 2.45) is 0 Å². The molecule has 1 atom stereocenters. The fourth-order valence-corrected chi connectivity index (χ4v) is 1.87. The largest absolute Gasteiger partial charge is 0.355 e. The van der Waals surface area contributed by atoms with Crippen LogP contribution in [0.4, 0.5) is 0 Å². The van der Waals surface area contributed by atoms with Crippen LogP contribution in [-0.2, 0) is 4.79 Å². The molecule has 0 saturated carbocycles. The van der Waals surface area contributed by atoms with Crippen molar-refractivity contribution in [3.8, 4) is 0 Å². The van der Waals surface area contributed by atoms with Crippen LogP contribution in [0.3, 0.4) is 0 Å². The molecule has 0 radical (unpaired) electrons. The lowest BCUT2D eigenvalue weighted by atomic mass is 10.4. The normalized spacial score (nSPS) is 26.3. The van der Waals surface area contributed by atoms with Gasteiger partial charge >= 0.3 is 0 Å². The van der Waals surface area contributed by atoms with Crippen LogP contribution in [0, 0.1) is 0 Å². The molecule has 0 aromatic rings. The van der Waals surface area contributed by atoms with Gasteiger partial charge in [-0.1, -0.05) is 6.92 Å². The van der Waals surface area contributed by atoms with E-state index in [1.165, 1.54) is 0 Å². The lowest BCUT2D eigenvalue weighted by Crippen LogP contribution is -2.14. The molecule has 1 aliphatic rings. The molecule has 0 aliphatic carbocycles. The van der Waals surface area contributed by atoms with Crippen LogP contribution in [0.5, 0.6) is 0 Å². The molecular formula is C6H11NOS. The zero-order valence-electron chi connectivity index (χ0n) is 5.52. The van der Waals surface area contributed by atoms with Gasteiger partial charge in [-0.15, -0.1) is 0 Å². The highest BCUT2D eigenvalue weighted by Crippen LogP contribution is 2.16. The molecule has 2 nitrogen and oxygen atoms in total. The van der Waals surface area contributed by atoms with Gasteiger partial charge < -0.3 is 5.32 Å². The highest BCUT2D eigenvalue weighted by molar-refractivity contribution is 7.99. The molecular weight excluding hydrogens is 134 g/mol. The van der Waals surface area contributed by atoms with Crippen LogP contribution in [0.15, 0.2) is 0 Å². The molecule has 1 saturated heterocycles. The first kappa shape index (κ1) is 6.93. The van der Waals surface area contributed by atoms with Crippen molar-refractivity contribution in [3.63, 3.8) is 0 Å². The van der Waals surface area contributed by atoms with Crippen LogP contribution in [-0.4, -0.2) is 23.5 Å². The van der Waals surface area contributed by atoms with E-state index in [1.54, 1.807) is 0 Å². The molecule has 1 rings (SSSR count). The maximum Gasteiger partial charge on any atom is 0.221 e. The van der Waals surface area contributed by atoms with E-state index < -0.39 is 0 Å². The van der Waals surface area contributed by atoms with Crippen molar-refractivity contribution in [1.82, 2.24) is 5.32 Å². The Balaban J connectivity index is 2.22.